The highest BCUT2D eigenvalue weighted by atomic mass is 79.9. The molecule has 1 unspecified atom stereocenters. The van der Waals surface area contributed by atoms with Gasteiger partial charge >= 0.3 is 0 Å². The van der Waals surface area contributed by atoms with Crippen molar-refractivity contribution in [1.82, 2.24) is 0 Å². The highest BCUT2D eigenvalue weighted by molar-refractivity contribution is 9.10. The van der Waals surface area contributed by atoms with Crippen molar-refractivity contribution in [3.8, 4) is 0 Å². The minimum Gasteiger partial charge on any atom is -0.393 e. The molecule has 0 aliphatic heterocycles. The molecule has 0 saturated heterocycles. The van der Waals surface area contributed by atoms with Crippen LogP contribution in [0.15, 0.2) is 22.7 Å². The summed E-state index contributed by atoms with van der Waals surface area (Å²) in [5.74, 6) is 0.616. The zero-order chi connectivity index (χ0) is 13.3. The Hall–Kier alpha value is -0.580. The van der Waals surface area contributed by atoms with Crippen LogP contribution in [-0.4, -0.2) is 24.8 Å². The summed E-state index contributed by atoms with van der Waals surface area (Å²) in [5.41, 5.74) is 8.19. The molecule has 1 saturated carbocycles. The molecule has 3 nitrogen and oxygen atoms in total. The lowest BCUT2D eigenvalue weighted by Gasteiger charge is -2.35. The van der Waals surface area contributed by atoms with E-state index in [0.29, 0.717) is 5.92 Å². The summed E-state index contributed by atoms with van der Waals surface area (Å²) >= 11 is 3.61. The van der Waals surface area contributed by atoms with E-state index in [9.17, 15) is 5.11 Å². The Morgan fingerprint density at radius 2 is 2.17 bits per heavy atom. The summed E-state index contributed by atoms with van der Waals surface area (Å²) in [4.78, 5) is 2.24. The first kappa shape index (κ1) is 13.8. The van der Waals surface area contributed by atoms with E-state index >= 15 is 0 Å². The Balaban J connectivity index is 2.03. The van der Waals surface area contributed by atoms with E-state index in [4.69, 9.17) is 5.73 Å². The lowest BCUT2D eigenvalue weighted by atomic mass is 9.82. The molecule has 3 N–H and O–H groups in total. The fraction of sp³-hybridized carbons (Fsp3) is 0.571. The lowest BCUT2D eigenvalue weighted by molar-refractivity contribution is 0.0464. The van der Waals surface area contributed by atoms with Gasteiger partial charge in [-0.3, -0.25) is 0 Å². The van der Waals surface area contributed by atoms with Crippen molar-refractivity contribution in [3.63, 3.8) is 0 Å². The van der Waals surface area contributed by atoms with Gasteiger partial charge in [0.2, 0.25) is 0 Å². The number of nitrogens with zero attached hydrogens (tertiary/aromatic N) is 1. The third-order valence-corrected chi connectivity index (χ3v) is 4.29. The summed E-state index contributed by atoms with van der Waals surface area (Å²) in [5, 5.41) is 9.31. The second-order valence-electron chi connectivity index (χ2n) is 5.37. The van der Waals surface area contributed by atoms with Gasteiger partial charge in [0.05, 0.1) is 11.8 Å². The summed E-state index contributed by atoms with van der Waals surface area (Å²) in [6.07, 6.45) is 1.78. The van der Waals surface area contributed by atoms with Crippen molar-refractivity contribution in [2.24, 2.45) is 11.7 Å². The number of aliphatic hydroxyl groups is 1. The molecule has 1 aliphatic carbocycles. The SMILES string of the molecule is CC(N)c1ccc(N(C)CC2CC(O)C2)c(Br)c1. The van der Waals surface area contributed by atoms with Crippen molar-refractivity contribution in [1.29, 1.82) is 0 Å². The summed E-state index contributed by atoms with van der Waals surface area (Å²) < 4.78 is 1.08. The van der Waals surface area contributed by atoms with Gasteiger partial charge in [0.25, 0.3) is 0 Å². The fourth-order valence-electron chi connectivity index (χ4n) is 2.45. The molecule has 0 amide bonds. The number of aliphatic hydroxyl groups excluding tert-OH is 1. The maximum atomic E-state index is 9.31. The van der Waals surface area contributed by atoms with Crippen LogP contribution in [0.2, 0.25) is 0 Å². The van der Waals surface area contributed by atoms with Gasteiger partial charge in [-0.1, -0.05) is 6.07 Å². The lowest BCUT2D eigenvalue weighted by Crippen LogP contribution is -2.37. The molecule has 1 aromatic carbocycles. The smallest absolute Gasteiger partial charge is 0.0546 e. The minimum absolute atomic E-state index is 0.0578. The first-order valence-corrected chi connectivity index (χ1v) is 7.21. The van der Waals surface area contributed by atoms with Crippen molar-refractivity contribution in [2.45, 2.75) is 31.9 Å². The van der Waals surface area contributed by atoms with Crippen LogP contribution in [0.5, 0.6) is 0 Å². The van der Waals surface area contributed by atoms with Crippen LogP contribution in [0.25, 0.3) is 0 Å². The molecule has 1 atom stereocenters. The molecule has 4 heteroatoms. The van der Waals surface area contributed by atoms with E-state index in [2.05, 4.69) is 46.1 Å². The van der Waals surface area contributed by atoms with E-state index in [1.54, 1.807) is 0 Å². The second kappa shape index (κ2) is 5.59. The van der Waals surface area contributed by atoms with Gasteiger partial charge in [0.15, 0.2) is 0 Å². The molecule has 1 aliphatic rings. The highest BCUT2D eigenvalue weighted by Gasteiger charge is 2.28. The second-order valence-corrected chi connectivity index (χ2v) is 6.23. The van der Waals surface area contributed by atoms with Gasteiger partial charge in [-0.25, -0.2) is 0 Å². The zero-order valence-corrected chi connectivity index (χ0v) is 12.5. The van der Waals surface area contributed by atoms with E-state index < -0.39 is 0 Å². The van der Waals surface area contributed by atoms with Crippen molar-refractivity contribution >= 4 is 21.6 Å². The van der Waals surface area contributed by atoms with Crippen LogP contribution in [-0.2, 0) is 0 Å². The van der Waals surface area contributed by atoms with Crippen LogP contribution >= 0.6 is 15.9 Å². The first-order chi connectivity index (χ1) is 8.47. The molecule has 0 bridgehead atoms. The summed E-state index contributed by atoms with van der Waals surface area (Å²) in [7, 11) is 2.09. The number of halogens is 1. The molecule has 0 heterocycles. The topological polar surface area (TPSA) is 49.5 Å². The average molecular weight is 313 g/mol. The summed E-state index contributed by atoms with van der Waals surface area (Å²) in [6, 6.07) is 6.34. The third-order valence-electron chi connectivity index (χ3n) is 3.65. The molecule has 18 heavy (non-hydrogen) atoms. The Morgan fingerprint density at radius 3 is 2.67 bits per heavy atom. The van der Waals surface area contributed by atoms with Crippen LogP contribution in [0.1, 0.15) is 31.4 Å². The largest absolute Gasteiger partial charge is 0.393 e. The van der Waals surface area contributed by atoms with E-state index in [1.165, 1.54) is 5.69 Å². The van der Waals surface area contributed by atoms with Gasteiger partial charge in [0.1, 0.15) is 0 Å². The van der Waals surface area contributed by atoms with Crippen LogP contribution < -0.4 is 10.6 Å². The number of rotatable bonds is 4. The molecule has 0 radical (unpaired) electrons. The monoisotopic (exact) mass is 312 g/mol. The van der Waals surface area contributed by atoms with Crippen LogP contribution in [0, 0.1) is 5.92 Å². The first-order valence-electron chi connectivity index (χ1n) is 6.41. The van der Waals surface area contributed by atoms with Gasteiger partial charge < -0.3 is 15.7 Å². The van der Waals surface area contributed by atoms with Crippen molar-refractivity contribution < 1.29 is 5.11 Å². The molecule has 2 rings (SSSR count). The Kier molecular flexibility index (Phi) is 4.30. The number of nitrogens with two attached hydrogens (primary N) is 1. The van der Waals surface area contributed by atoms with Crippen molar-refractivity contribution in [2.75, 3.05) is 18.5 Å². The highest BCUT2D eigenvalue weighted by Crippen LogP contribution is 2.32. The maximum Gasteiger partial charge on any atom is 0.0546 e. The maximum absolute atomic E-state index is 9.31. The number of anilines is 1. The summed E-state index contributed by atoms with van der Waals surface area (Å²) in [6.45, 7) is 2.98. The molecule has 0 spiro atoms. The number of hydrogen-bond acceptors (Lipinski definition) is 3. The quantitative estimate of drug-likeness (QED) is 0.898. The third kappa shape index (κ3) is 3.05. The van der Waals surface area contributed by atoms with Crippen molar-refractivity contribution in [3.05, 3.63) is 28.2 Å². The van der Waals surface area contributed by atoms with Gasteiger partial charge in [-0.2, -0.15) is 0 Å². The predicted octanol–water partition coefficient (Wildman–Crippen LogP) is 2.68. The van der Waals surface area contributed by atoms with E-state index in [1.807, 2.05) is 6.92 Å². The Morgan fingerprint density at radius 1 is 1.50 bits per heavy atom. The Bertz CT molecular complexity index is 416. The predicted molar refractivity (Wildman–Crippen MR) is 78.7 cm³/mol. The van der Waals surface area contributed by atoms with E-state index in [0.717, 1.165) is 29.4 Å². The standard InChI is InChI=1S/C14H21BrN2O/c1-9(16)11-3-4-14(13(15)7-11)17(2)8-10-5-12(18)6-10/h3-4,7,9-10,12,18H,5-6,8,16H2,1-2H3. The molecular formula is C14H21BrN2O. The Labute approximate surface area is 117 Å². The average Bonchev–Trinajstić information content (AvgIpc) is 2.26. The van der Waals surface area contributed by atoms with Gasteiger partial charge in [-0.15, -0.1) is 0 Å². The number of benzene rings is 1. The molecule has 0 aromatic heterocycles. The van der Waals surface area contributed by atoms with Crippen LogP contribution in [0.4, 0.5) is 5.69 Å². The minimum atomic E-state index is -0.0766. The fourth-order valence-corrected chi connectivity index (χ4v) is 3.15. The normalized spacial score (nSPS) is 24.5. The van der Waals surface area contributed by atoms with Gasteiger partial charge in [-0.05, 0) is 59.3 Å². The van der Waals surface area contributed by atoms with Gasteiger partial charge in [0, 0.05) is 24.1 Å². The molecule has 1 fully saturated rings. The zero-order valence-electron chi connectivity index (χ0n) is 10.9. The molecular weight excluding hydrogens is 292 g/mol. The number of hydrogen-bond donors (Lipinski definition) is 2. The molecule has 100 valence electrons. The van der Waals surface area contributed by atoms with Crippen LogP contribution in [0.3, 0.4) is 0 Å². The van der Waals surface area contributed by atoms with E-state index in [-0.39, 0.29) is 12.1 Å². The molecule has 1 aromatic rings.